The second kappa shape index (κ2) is 5.88. The van der Waals surface area contributed by atoms with Crippen LogP contribution in [0.5, 0.6) is 0 Å². The third kappa shape index (κ3) is 2.73. The van der Waals surface area contributed by atoms with Gasteiger partial charge >= 0.3 is 0 Å². The van der Waals surface area contributed by atoms with Gasteiger partial charge in [-0.1, -0.05) is 37.3 Å². The van der Waals surface area contributed by atoms with Crippen molar-refractivity contribution in [2.45, 2.75) is 26.4 Å². The number of rotatable bonds is 5. The molecular formula is C17H19N3. The molecule has 0 amide bonds. The summed E-state index contributed by atoms with van der Waals surface area (Å²) >= 11 is 0. The van der Waals surface area contributed by atoms with E-state index in [9.17, 15) is 0 Å². The Labute approximate surface area is 119 Å². The smallest absolute Gasteiger partial charge is 0.137 e. The number of hydrogen-bond donors (Lipinski definition) is 1. The van der Waals surface area contributed by atoms with Crippen LogP contribution in [0, 0.1) is 0 Å². The summed E-state index contributed by atoms with van der Waals surface area (Å²) in [4.78, 5) is 4.59. The molecule has 3 nitrogen and oxygen atoms in total. The van der Waals surface area contributed by atoms with Crippen LogP contribution in [0.2, 0.25) is 0 Å². The zero-order chi connectivity index (χ0) is 13.8. The van der Waals surface area contributed by atoms with Crippen molar-refractivity contribution in [3.8, 4) is 0 Å². The third-order valence-electron chi connectivity index (χ3n) is 3.53. The van der Waals surface area contributed by atoms with Crippen molar-refractivity contribution < 1.29 is 0 Å². The highest BCUT2D eigenvalue weighted by molar-refractivity contribution is 5.39. The Morgan fingerprint density at radius 1 is 1.00 bits per heavy atom. The maximum absolute atomic E-state index is 4.59. The Morgan fingerprint density at radius 3 is 2.60 bits per heavy atom. The van der Waals surface area contributed by atoms with Crippen molar-refractivity contribution in [2.75, 3.05) is 0 Å². The van der Waals surface area contributed by atoms with Gasteiger partial charge in [-0.15, -0.1) is 0 Å². The molecule has 102 valence electrons. The zero-order valence-corrected chi connectivity index (χ0v) is 11.7. The molecule has 0 fully saturated rings. The Hall–Kier alpha value is -2.13. The van der Waals surface area contributed by atoms with Crippen molar-refractivity contribution in [3.63, 3.8) is 0 Å². The molecule has 3 rings (SSSR count). The lowest BCUT2D eigenvalue weighted by Crippen LogP contribution is -2.14. The van der Waals surface area contributed by atoms with Crippen LogP contribution in [0.25, 0.3) is 5.65 Å². The molecule has 0 saturated carbocycles. The summed E-state index contributed by atoms with van der Waals surface area (Å²) in [7, 11) is 0. The number of aryl methyl sites for hydroxylation is 1. The predicted molar refractivity (Wildman–Crippen MR) is 81.6 cm³/mol. The van der Waals surface area contributed by atoms with Gasteiger partial charge in [0.25, 0.3) is 0 Å². The number of fused-ring (bicyclic) bond motifs is 1. The van der Waals surface area contributed by atoms with E-state index in [2.05, 4.69) is 52.1 Å². The minimum absolute atomic E-state index is 0.791. The second-order valence-corrected chi connectivity index (χ2v) is 4.92. The lowest BCUT2D eigenvalue weighted by atomic mass is 10.1. The van der Waals surface area contributed by atoms with Crippen LogP contribution < -0.4 is 5.32 Å². The second-order valence-electron chi connectivity index (χ2n) is 4.92. The van der Waals surface area contributed by atoms with Gasteiger partial charge in [0, 0.05) is 25.5 Å². The molecule has 2 heterocycles. The van der Waals surface area contributed by atoms with Gasteiger partial charge in [0.2, 0.25) is 0 Å². The number of hydrogen-bond acceptors (Lipinski definition) is 2. The first kappa shape index (κ1) is 12.9. The molecule has 0 atom stereocenters. The maximum atomic E-state index is 4.59. The predicted octanol–water partition coefficient (Wildman–Crippen LogP) is 3.19. The molecule has 2 aromatic heterocycles. The van der Waals surface area contributed by atoms with Crippen molar-refractivity contribution in [3.05, 3.63) is 71.7 Å². The molecular weight excluding hydrogens is 246 g/mol. The van der Waals surface area contributed by atoms with E-state index in [1.54, 1.807) is 0 Å². The van der Waals surface area contributed by atoms with Crippen molar-refractivity contribution in [2.24, 2.45) is 0 Å². The average Bonchev–Trinajstić information content (AvgIpc) is 2.90. The Morgan fingerprint density at radius 2 is 1.80 bits per heavy atom. The van der Waals surface area contributed by atoms with Gasteiger partial charge in [0.05, 0.1) is 5.69 Å². The van der Waals surface area contributed by atoms with Crippen LogP contribution in [-0.4, -0.2) is 9.38 Å². The minimum Gasteiger partial charge on any atom is -0.307 e. The van der Waals surface area contributed by atoms with Gasteiger partial charge in [-0.3, -0.25) is 0 Å². The van der Waals surface area contributed by atoms with Gasteiger partial charge in [0.1, 0.15) is 5.65 Å². The molecule has 1 N–H and O–H groups in total. The van der Waals surface area contributed by atoms with Crippen molar-refractivity contribution >= 4 is 5.65 Å². The lowest BCUT2D eigenvalue weighted by molar-refractivity contribution is 0.678. The molecule has 0 radical (unpaired) electrons. The fourth-order valence-electron chi connectivity index (χ4n) is 2.47. The molecule has 3 aromatic rings. The first-order valence-electron chi connectivity index (χ1n) is 7.07. The SMILES string of the molecule is CCc1ccccc1CNCc1cn2ccccc2n1. The Balaban J connectivity index is 1.65. The largest absolute Gasteiger partial charge is 0.307 e. The topological polar surface area (TPSA) is 29.3 Å². The molecule has 0 bridgehead atoms. The van der Waals surface area contributed by atoms with E-state index in [1.165, 1.54) is 11.1 Å². The summed E-state index contributed by atoms with van der Waals surface area (Å²) in [6.45, 7) is 3.87. The third-order valence-corrected chi connectivity index (χ3v) is 3.53. The van der Waals surface area contributed by atoms with Crippen LogP contribution in [0.3, 0.4) is 0 Å². The van der Waals surface area contributed by atoms with E-state index in [1.807, 2.05) is 24.4 Å². The first-order valence-corrected chi connectivity index (χ1v) is 7.07. The van der Waals surface area contributed by atoms with E-state index in [-0.39, 0.29) is 0 Å². The van der Waals surface area contributed by atoms with E-state index in [4.69, 9.17) is 0 Å². The van der Waals surface area contributed by atoms with Crippen LogP contribution in [0.15, 0.2) is 54.9 Å². The Kier molecular flexibility index (Phi) is 3.79. The fourth-order valence-corrected chi connectivity index (χ4v) is 2.47. The summed E-state index contributed by atoms with van der Waals surface area (Å²) in [5.74, 6) is 0. The average molecular weight is 265 g/mol. The number of aromatic nitrogens is 2. The summed E-state index contributed by atoms with van der Waals surface area (Å²) in [5, 5.41) is 3.48. The molecule has 3 heteroatoms. The number of nitrogens with zero attached hydrogens (tertiary/aromatic N) is 2. The van der Waals surface area contributed by atoms with E-state index in [0.29, 0.717) is 0 Å². The van der Waals surface area contributed by atoms with Crippen molar-refractivity contribution in [1.29, 1.82) is 0 Å². The van der Waals surface area contributed by atoms with Crippen LogP contribution in [-0.2, 0) is 19.5 Å². The fraction of sp³-hybridized carbons (Fsp3) is 0.235. The molecule has 20 heavy (non-hydrogen) atoms. The van der Waals surface area contributed by atoms with Crippen LogP contribution in [0.4, 0.5) is 0 Å². The summed E-state index contributed by atoms with van der Waals surface area (Å²) in [6, 6.07) is 14.6. The molecule has 0 spiro atoms. The van der Waals surface area contributed by atoms with Gasteiger partial charge < -0.3 is 9.72 Å². The molecule has 1 aromatic carbocycles. The summed E-state index contributed by atoms with van der Waals surface area (Å²) in [5.41, 5.74) is 4.86. The summed E-state index contributed by atoms with van der Waals surface area (Å²) < 4.78 is 2.05. The van der Waals surface area contributed by atoms with E-state index >= 15 is 0 Å². The highest BCUT2D eigenvalue weighted by Crippen LogP contribution is 2.09. The van der Waals surface area contributed by atoms with Gasteiger partial charge in [-0.05, 0) is 29.7 Å². The van der Waals surface area contributed by atoms with Crippen LogP contribution in [0.1, 0.15) is 23.7 Å². The number of nitrogens with one attached hydrogen (secondary N) is 1. The number of imidazole rings is 1. The van der Waals surface area contributed by atoms with E-state index < -0.39 is 0 Å². The summed E-state index contributed by atoms with van der Waals surface area (Å²) in [6.07, 6.45) is 5.18. The lowest BCUT2D eigenvalue weighted by Gasteiger charge is -2.08. The number of benzene rings is 1. The Bertz CT molecular complexity index is 667. The maximum Gasteiger partial charge on any atom is 0.137 e. The van der Waals surface area contributed by atoms with E-state index in [0.717, 1.165) is 30.9 Å². The van der Waals surface area contributed by atoms with Gasteiger partial charge in [0.15, 0.2) is 0 Å². The molecule has 0 aliphatic heterocycles. The first-order chi connectivity index (χ1) is 9.86. The molecule has 0 unspecified atom stereocenters. The van der Waals surface area contributed by atoms with Gasteiger partial charge in [-0.2, -0.15) is 0 Å². The quantitative estimate of drug-likeness (QED) is 0.767. The van der Waals surface area contributed by atoms with Crippen LogP contribution >= 0.6 is 0 Å². The standard InChI is InChI=1S/C17H19N3/c1-2-14-7-3-4-8-15(14)11-18-12-16-13-20-10-6-5-9-17(20)19-16/h3-10,13,18H,2,11-12H2,1H3. The normalized spacial score (nSPS) is 11.1. The molecule has 0 aliphatic rings. The van der Waals surface area contributed by atoms with Gasteiger partial charge in [-0.25, -0.2) is 4.98 Å². The zero-order valence-electron chi connectivity index (χ0n) is 11.7. The monoisotopic (exact) mass is 265 g/mol. The minimum atomic E-state index is 0.791. The highest BCUT2D eigenvalue weighted by atomic mass is 15.0. The molecule has 0 saturated heterocycles. The van der Waals surface area contributed by atoms with Crippen molar-refractivity contribution in [1.82, 2.24) is 14.7 Å². The number of pyridine rings is 1. The molecule has 0 aliphatic carbocycles. The highest BCUT2D eigenvalue weighted by Gasteiger charge is 2.02.